The molecular weight excluding hydrogens is 152 g/mol. The molecule has 56 valence electrons. The van der Waals surface area contributed by atoms with Gasteiger partial charge in [0.25, 0.3) is 0 Å². The largest absolute Gasteiger partial charge is 0.301 e. The summed E-state index contributed by atoms with van der Waals surface area (Å²) >= 11 is 0. The maximum Gasteiger partial charge on any atom is 0.129 e. The highest BCUT2D eigenvalue weighted by Gasteiger charge is 1.95. The van der Waals surface area contributed by atoms with E-state index >= 15 is 0 Å². The first-order valence-electron chi connectivity index (χ1n) is 3.47. The Labute approximate surface area is 69.2 Å². The van der Waals surface area contributed by atoms with E-state index in [1.54, 1.807) is 6.08 Å². The second kappa shape index (κ2) is 3.30. The molecule has 1 aromatic rings. The highest BCUT2D eigenvalue weighted by molar-refractivity contribution is 6.62. The molecule has 0 saturated heterocycles. The fraction of sp³-hybridized carbons (Fsp3) is 0. The van der Waals surface area contributed by atoms with Gasteiger partial charge in [-0.1, -0.05) is 36.9 Å². The maximum absolute atomic E-state index is 10.9. The molecule has 0 spiro atoms. The topological polar surface area (TPSA) is 17.1 Å². The number of benzene rings is 1. The van der Waals surface area contributed by atoms with Crippen LogP contribution in [0, 0.1) is 0 Å². The molecular formula is C9H10OSi. The minimum atomic E-state index is 0.237. The maximum atomic E-state index is 10.9. The minimum Gasteiger partial charge on any atom is -0.301 e. The van der Waals surface area contributed by atoms with E-state index in [1.165, 1.54) is 0 Å². The first kappa shape index (κ1) is 7.95. The lowest BCUT2D eigenvalue weighted by molar-refractivity contribution is 0.108. The summed E-state index contributed by atoms with van der Waals surface area (Å²) in [4.78, 5) is 10.9. The van der Waals surface area contributed by atoms with E-state index in [-0.39, 0.29) is 5.41 Å². The molecule has 2 heteroatoms. The zero-order chi connectivity index (χ0) is 8.27. The third-order valence-electron chi connectivity index (χ3n) is 1.55. The molecule has 11 heavy (non-hydrogen) atoms. The van der Waals surface area contributed by atoms with Crippen LogP contribution in [0.4, 0.5) is 0 Å². The molecule has 0 bridgehead atoms. The van der Waals surface area contributed by atoms with Crippen LogP contribution in [0.15, 0.2) is 30.8 Å². The highest BCUT2D eigenvalue weighted by atomic mass is 28.1. The average molecular weight is 162 g/mol. The van der Waals surface area contributed by atoms with Gasteiger partial charge in [0.05, 0.1) is 10.2 Å². The van der Waals surface area contributed by atoms with E-state index < -0.39 is 0 Å². The Morgan fingerprint density at radius 3 is 2.27 bits per heavy atom. The first-order valence-corrected chi connectivity index (χ1v) is 4.47. The van der Waals surface area contributed by atoms with Crippen LogP contribution in [0.1, 0.15) is 15.9 Å². The molecule has 0 amide bonds. The SMILES string of the molecule is C=Cc1ccc(C(=O)[SiH3])cc1. The number of hydrogen-bond donors (Lipinski definition) is 0. The Balaban J connectivity index is 3.00. The van der Waals surface area contributed by atoms with Gasteiger partial charge in [-0.25, -0.2) is 0 Å². The van der Waals surface area contributed by atoms with E-state index in [1.807, 2.05) is 24.3 Å². The van der Waals surface area contributed by atoms with Crippen LogP contribution in [-0.2, 0) is 0 Å². The predicted octanol–water partition coefficient (Wildman–Crippen LogP) is 0.835. The van der Waals surface area contributed by atoms with Crippen LogP contribution >= 0.6 is 0 Å². The third kappa shape index (κ3) is 1.88. The van der Waals surface area contributed by atoms with E-state index in [4.69, 9.17) is 0 Å². The Hall–Kier alpha value is -1.15. The molecule has 0 aliphatic carbocycles. The lowest BCUT2D eigenvalue weighted by atomic mass is 10.1. The van der Waals surface area contributed by atoms with Crippen LogP contribution in [0.3, 0.4) is 0 Å². The van der Waals surface area contributed by atoms with Gasteiger partial charge in [-0.15, -0.1) is 0 Å². The fourth-order valence-electron chi connectivity index (χ4n) is 0.854. The van der Waals surface area contributed by atoms with Crippen molar-refractivity contribution in [3.63, 3.8) is 0 Å². The van der Waals surface area contributed by atoms with Crippen molar-refractivity contribution in [3.8, 4) is 0 Å². The van der Waals surface area contributed by atoms with Gasteiger partial charge in [0.15, 0.2) is 0 Å². The van der Waals surface area contributed by atoms with E-state index in [9.17, 15) is 4.79 Å². The highest BCUT2D eigenvalue weighted by Crippen LogP contribution is 2.04. The summed E-state index contributed by atoms with van der Waals surface area (Å²) in [5, 5.41) is 0.237. The molecule has 0 radical (unpaired) electrons. The summed E-state index contributed by atoms with van der Waals surface area (Å²) in [5.74, 6) is 0. The fourth-order valence-corrected chi connectivity index (χ4v) is 1.19. The molecule has 0 atom stereocenters. The van der Waals surface area contributed by atoms with Crippen LogP contribution < -0.4 is 0 Å². The molecule has 0 aromatic heterocycles. The van der Waals surface area contributed by atoms with E-state index in [0.29, 0.717) is 10.2 Å². The monoisotopic (exact) mass is 162 g/mol. The van der Waals surface area contributed by atoms with Crippen molar-refractivity contribution in [3.05, 3.63) is 42.0 Å². The molecule has 1 nitrogen and oxygen atoms in total. The van der Waals surface area contributed by atoms with Crippen LogP contribution in [0.2, 0.25) is 0 Å². The smallest absolute Gasteiger partial charge is 0.129 e. The van der Waals surface area contributed by atoms with Gasteiger partial charge < -0.3 is 4.79 Å². The van der Waals surface area contributed by atoms with Crippen LogP contribution in [0.25, 0.3) is 6.08 Å². The molecule has 0 aliphatic rings. The Morgan fingerprint density at radius 2 is 1.91 bits per heavy atom. The van der Waals surface area contributed by atoms with Crippen molar-refractivity contribution in [2.45, 2.75) is 0 Å². The third-order valence-corrected chi connectivity index (χ3v) is 2.13. The van der Waals surface area contributed by atoms with Gasteiger partial charge in [-0.2, -0.15) is 0 Å². The second-order valence-corrected chi connectivity index (χ2v) is 3.29. The quantitative estimate of drug-likeness (QED) is 0.589. The van der Waals surface area contributed by atoms with Gasteiger partial charge in [-0.3, -0.25) is 0 Å². The summed E-state index contributed by atoms with van der Waals surface area (Å²) in [5.41, 5.74) is 1.86. The van der Waals surface area contributed by atoms with E-state index in [0.717, 1.165) is 11.1 Å². The van der Waals surface area contributed by atoms with Gasteiger partial charge in [-0.05, 0) is 5.56 Å². The summed E-state index contributed by atoms with van der Waals surface area (Å²) in [6.07, 6.45) is 1.77. The molecule has 0 unspecified atom stereocenters. The van der Waals surface area contributed by atoms with Crippen molar-refractivity contribution < 1.29 is 4.79 Å². The lowest BCUT2D eigenvalue weighted by Crippen LogP contribution is -1.95. The Morgan fingerprint density at radius 1 is 1.36 bits per heavy atom. The Kier molecular flexibility index (Phi) is 2.38. The first-order chi connectivity index (χ1) is 5.24. The molecule has 1 rings (SSSR count). The number of hydrogen-bond acceptors (Lipinski definition) is 1. The molecule has 0 heterocycles. The van der Waals surface area contributed by atoms with Gasteiger partial charge in [0, 0.05) is 5.56 Å². The minimum absolute atomic E-state index is 0.237. The summed E-state index contributed by atoms with van der Waals surface area (Å²) in [6, 6.07) is 7.48. The molecule has 0 aliphatic heterocycles. The molecule has 0 N–H and O–H groups in total. The molecule has 0 saturated carbocycles. The van der Waals surface area contributed by atoms with Gasteiger partial charge in [0.1, 0.15) is 5.41 Å². The molecule has 0 fully saturated rings. The number of rotatable bonds is 2. The van der Waals surface area contributed by atoms with E-state index in [2.05, 4.69) is 6.58 Å². The zero-order valence-corrected chi connectivity index (χ0v) is 8.50. The van der Waals surface area contributed by atoms with Gasteiger partial charge in [0.2, 0.25) is 0 Å². The summed E-state index contributed by atoms with van der Waals surface area (Å²) < 4.78 is 0. The van der Waals surface area contributed by atoms with Crippen molar-refractivity contribution in [2.24, 2.45) is 0 Å². The average Bonchev–Trinajstić information content (AvgIpc) is 2.05. The predicted molar refractivity (Wildman–Crippen MR) is 50.8 cm³/mol. The van der Waals surface area contributed by atoms with Crippen molar-refractivity contribution >= 4 is 21.7 Å². The molecule has 1 aromatic carbocycles. The Bertz CT molecular complexity index is 274. The second-order valence-electron chi connectivity index (χ2n) is 2.38. The van der Waals surface area contributed by atoms with Crippen molar-refractivity contribution in [1.29, 1.82) is 0 Å². The number of carbonyl (C=O) groups is 1. The lowest BCUT2D eigenvalue weighted by Gasteiger charge is -1.95. The summed E-state index contributed by atoms with van der Waals surface area (Å²) in [6.45, 7) is 3.63. The summed E-state index contributed by atoms with van der Waals surface area (Å²) in [7, 11) is 0.591. The van der Waals surface area contributed by atoms with Crippen molar-refractivity contribution in [2.75, 3.05) is 0 Å². The normalized spacial score (nSPS) is 9.45. The van der Waals surface area contributed by atoms with Crippen LogP contribution in [-0.4, -0.2) is 15.6 Å². The van der Waals surface area contributed by atoms with Gasteiger partial charge >= 0.3 is 0 Å². The van der Waals surface area contributed by atoms with Crippen molar-refractivity contribution in [1.82, 2.24) is 0 Å². The zero-order valence-electron chi connectivity index (χ0n) is 6.50. The van der Waals surface area contributed by atoms with Crippen LogP contribution in [0.5, 0.6) is 0 Å². The number of carbonyl (C=O) groups excluding carboxylic acids is 1. The standard InChI is InChI=1S/C9H10OSi/c1-2-7-3-5-8(6-4-7)9(10)11/h2-6H,1H2,11H3.